The lowest BCUT2D eigenvalue weighted by Gasteiger charge is -2.14. The Labute approximate surface area is 181 Å². The number of thiazole rings is 1. The average Bonchev–Trinajstić information content (AvgIpc) is 3.35. The van der Waals surface area contributed by atoms with Crippen LogP contribution in [0.5, 0.6) is 0 Å². The highest BCUT2D eigenvalue weighted by molar-refractivity contribution is 9.10. The van der Waals surface area contributed by atoms with Crippen molar-refractivity contribution in [1.82, 2.24) is 14.6 Å². The zero-order chi connectivity index (χ0) is 21.0. The number of fused-ring (bicyclic) bond motifs is 2. The number of rotatable bonds is 3. The van der Waals surface area contributed by atoms with E-state index in [-0.39, 0.29) is 16.3 Å². The van der Waals surface area contributed by atoms with Gasteiger partial charge in [-0.3, -0.25) is 9.59 Å². The number of amides is 1. The molecule has 0 radical (unpaired) electrons. The molecule has 0 bridgehead atoms. The SMILES string of the molecule is C=CCN1C(=O)/C(=c2\sc3nc(-c4ccc(F)cc4)nn3c2=O)c2cc(Br)ccc21. The fourth-order valence-electron chi connectivity index (χ4n) is 3.44. The monoisotopic (exact) mass is 482 g/mol. The maximum absolute atomic E-state index is 13.2. The molecule has 2 aromatic heterocycles. The van der Waals surface area contributed by atoms with E-state index in [1.54, 1.807) is 23.1 Å². The molecule has 0 saturated heterocycles. The number of halogens is 2. The summed E-state index contributed by atoms with van der Waals surface area (Å²) in [6.45, 7) is 4.05. The number of benzene rings is 2. The third kappa shape index (κ3) is 2.81. The Bertz CT molecular complexity index is 1460. The Hall–Kier alpha value is -3.17. The van der Waals surface area contributed by atoms with E-state index in [0.717, 1.165) is 21.5 Å². The van der Waals surface area contributed by atoms with E-state index in [1.807, 2.05) is 18.2 Å². The molecule has 5 rings (SSSR count). The van der Waals surface area contributed by atoms with Crippen LogP contribution in [-0.2, 0) is 4.79 Å². The molecule has 1 aliphatic heterocycles. The van der Waals surface area contributed by atoms with Crippen molar-refractivity contribution >= 4 is 49.4 Å². The first kappa shape index (κ1) is 18.8. The van der Waals surface area contributed by atoms with Gasteiger partial charge >= 0.3 is 0 Å². The highest BCUT2D eigenvalue weighted by Gasteiger charge is 2.34. The van der Waals surface area contributed by atoms with Crippen molar-refractivity contribution in [2.75, 3.05) is 11.4 Å². The van der Waals surface area contributed by atoms with Crippen molar-refractivity contribution in [3.05, 3.63) is 85.9 Å². The molecule has 0 aliphatic carbocycles. The van der Waals surface area contributed by atoms with Crippen LogP contribution in [0.15, 0.2) is 64.4 Å². The van der Waals surface area contributed by atoms with Crippen molar-refractivity contribution in [2.45, 2.75) is 0 Å². The van der Waals surface area contributed by atoms with Crippen LogP contribution in [0.1, 0.15) is 5.56 Å². The van der Waals surface area contributed by atoms with E-state index in [9.17, 15) is 14.0 Å². The third-order valence-electron chi connectivity index (χ3n) is 4.78. The first-order valence-corrected chi connectivity index (χ1v) is 10.5. The third-order valence-corrected chi connectivity index (χ3v) is 6.30. The quantitative estimate of drug-likeness (QED) is 0.420. The molecule has 148 valence electrons. The molecule has 0 unspecified atom stereocenters. The predicted octanol–water partition coefficient (Wildman–Crippen LogP) is 3.17. The minimum absolute atomic E-state index is 0.261. The molecule has 9 heteroatoms. The molecule has 0 atom stereocenters. The molecule has 0 spiro atoms. The first-order chi connectivity index (χ1) is 14.5. The number of anilines is 1. The van der Waals surface area contributed by atoms with Gasteiger partial charge in [-0.15, -0.1) is 11.7 Å². The molecule has 0 N–H and O–H groups in total. The van der Waals surface area contributed by atoms with Gasteiger partial charge < -0.3 is 4.90 Å². The van der Waals surface area contributed by atoms with Gasteiger partial charge in [0, 0.05) is 22.1 Å². The Kier molecular flexibility index (Phi) is 4.37. The molecule has 3 heterocycles. The van der Waals surface area contributed by atoms with Crippen molar-refractivity contribution < 1.29 is 9.18 Å². The van der Waals surface area contributed by atoms with Crippen LogP contribution in [0.4, 0.5) is 10.1 Å². The first-order valence-electron chi connectivity index (χ1n) is 8.90. The zero-order valence-corrected chi connectivity index (χ0v) is 17.7. The summed E-state index contributed by atoms with van der Waals surface area (Å²) in [6.07, 6.45) is 1.64. The second-order valence-electron chi connectivity index (χ2n) is 6.61. The van der Waals surface area contributed by atoms with Crippen molar-refractivity contribution in [2.24, 2.45) is 0 Å². The molecular weight excluding hydrogens is 471 g/mol. The van der Waals surface area contributed by atoms with Gasteiger partial charge in [-0.25, -0.2) is 4.39 Å². The minimum atomic E-state index is -0.411. The van der Waals surface area contributed by atoms with Crippen molar-refractivity contribution in [1.29, 1.82) is 0 Å². The largest absolute Gasteiger partial charge is 0.304 e. The minimum Gasteiger partial charge on any atom is -0.304 e. The Morgan fingerprint density at radius 1 is 1.17 bits per heavy atom. The Morgan fingerprint density at radius 2 is 1.93 bits per heavy atom. The van der Waals surface area contributed by atoms with Gasteiger partial charge in [-0.05, 0) is 42.5 Å². The van der Waals surface area contributed by atoms with Gasteiger partial charge in [0.05, 0.1) is 11.3 Å². The maximum Gasteiger partial charge on any atom is 0.291 e. The van der Waals surface area contributed by atoms with Crippen LogP contribution in [0.3, 0.4) is 0 Å². The summed E-state index contributed by atoms with van der Waals surface area (Å²) < 4.78 is 15.4. The Balaban J connectivity index is 1.73. The van der Waals surface area contributed by atoms with E-state index in [0.29, 0.717) is 34.0 Å². The van der Waals surface area contributed by atoms with Crippen LogP contribution < -0.4 is 15.0 Å². The van der Waals surface area contributed by atoms with Gasteiger partial charge in [0.1, 0.15) is 10.3 Å². The van der Waals surface area contributed by atoms with E-state index in [1.165, 1.54) is 16.6 Å². The normalized spacial score (nSPS) is 15.1. The molecule has 30 heavy (non-hydrogen) atoms. The lowest BCUT2D eigenvalue weighted by atomic mass is 10.1. The highest BCUT2D eigenvalue weighted by atomic mass is 79.9. The molecule has 0 fully saturated rings. The van der Waals surface area contributed by atoms with E-state index < -0.39 is 5.56 Å². The summed E-state index contributed by atoms with van der Waals surface area (Å²) in [5.41, 5.74) is 1.92. The number of carbonyl (C=O) groups excluding carboxylic acids is 1. The number of carbonyl (C=O) groups is 1. The Morgan fingerprint density at radius 3 is 2.63 bits per heavy atom. The number of hydrogen-bond acceptors (Lipinski definition) is 5. The average molecular weight is 483 g/mol. The van der Waals surface area contributed by atoms with Gasteiger partial charge in [0.25, 0.3) is 11.5 Å². The topological polar surface area (TPSA) is 67.6 Å². The second-order valence-corrected chi connectivity index (χ2v) is 8.51. The van der Waals surface area contributed by atoms with E-state index >= 15 is 0 Å². The number of hydrogen-bond donors (Lipinski definition) is 0. The zero-order valence-electron chi connectivity index (χ0n) is 15.3. The predicted molar refractivity (Wildman–Crippen MR) is 117 cm³/mol. The molecule has 1 amide bonds. The number of aromatic nitrogens is 3. The molecule has 2 aromatic carbocycles. The van der Waals surface area contributed by atoms with E-state index in [2.05, 4.69) is 32.6 Å². The molecular formula is C21H12BrFN4O2S. The van der Waals surface area contributed by atoms with Crippen LogP contribution in [-0.4, -0.2) is 27.0 Å². The summed E-state index contributed by atoms with van der Waals surface area (Å²) in [5.74, 6) is -0.302. The lowest BCUT2D eigenvalue weighted by molar-refractivity contribution is -0.112. The van der Waals surface area contributed by atoms with Crippen LogP contribution in [0, 0.1) is 5.82 Å². The van der Waals surface area contributed by atoms with Crippen LogP contribution >= 0.6 is 27.3 Å². The summed E-state index contributed by atoms with van der Waals surface area (Å²) in [4.78, 5) is 32.6. The molecule has 0 saturated carbocycles. The van der Waals surface area contributed by atoms with Crippen LogP contribution in [0.2, 0.25) is 0 Å². The van der Waals surface area contributed by atoms with Crippen molar-refractivity contribution in [3.8, 4) is 11.4 Å². The van der Waals surface area contributed by atoms with E-state index in [4.69, 9.17) is 0 Å². The summed E-state index contributed by atoms with van der Waals surface area (Å²) in [5, 5.41) is 4.28. The lowest BCUT2D eigenvalue weighted by Crippen LogP contribution is -2.32. The van der Waals surface area contributed by atoms with Crippen molar-refractivity contribution in [3.63, 3.8) is 0 Å². The molecule has 6 nitrogen and oxygen atoms in total. The fraction of sp³-hybridized carbons (Fsp3) is 0.0476. The van der Waals surface area contributed by atoms with Gasteiger partial charge in [0.15, 0.2) is 5.82 Å². The number of nitrogens with zero attached hydrogens (tertiary/aromatic N) is 4. The summed E-state index contributed by atoms with van der Waals surface area (Å²) in [6, 6.07) is 11.2. The standard InChI is InChI=1S/C21H12BrFN4O2S/c1-2-9-26-15-8-5-12(22)10-14(15)16(19(26)28)17-20(29)27-21(30-17)24-18(25-27)11-3-6-13(23)7-4-11/h2-8,10H,1,9H2/b17-16-. The smallest absolute Gasteiger partial charge is 0.291 e. The highest BCUT2D eigenvalue weighted by Crippen LogP contribution is 2.37. The summed E-state index contributed by atoms with van der Waals surface area (Å²) >= 11 is 4.55. The summed E-state index contributed by atoms with van der Waals surface area (Å²) in [7, 11) is 0. The molecule has 4 aromatic rings. The van der Waals surface area contributed by atoms with Gasteiger partial charge in [0.2, 0.25) is 4.96 Å². The fourth-order valence-corrected chi connectivity index (χ4v) is 4.80. The second kappa shape index (κ2) is 6.96. The van der Waals surface area contributed by atoms with Gasteiger partial charge in [-0.1, -0.05) is 33.3 Å². The van der Waals surface area contributed by atoms with Crippen LogP contribution in [0.25, 0.3) is 21.9 Å². The molecule has 1 aliphatic rings. The van der Waals surface area contributed by atoms with Gasteiger partial charge in [-0.2, -0.15) is 9.50 Å². The maximum atomic E-state index is 13.2.